The summed E-state index contributed by atoms with van der Waals surface area (Å²) in [6.07, 6.45) is 3.87. The first-order valence-corrected chi connectivity index (χ1v) is 8.15. The van der Waals surface area contributed by atoms with E-state index in [1.54, 1.807) is 0 Å². The number of esters is 1. The molecule has 1 saturated carbocycles. The molecule has 0 radical (unpaired) electrons. The second kappa shape index (κ2) is 7.25. The SMILES string of the molecule is O=C(OC1CCCCC1c1ccccc1)c1ccc([N+](=O)[O-])cc1. The minimum atomic E-state index is -0.484. The molecule has 0 spiro atoms. The van der Waals surface area contributed by atoms with E-state index >= 15 is 0 Å². The Balaban J connectivity index is 1.73. The van der Waals surface area contributed by atoms with Gasteiger partial charge < -0.3 is 4.74 Å². The van der Waals surface area contributed by atoms with Crippen LogP contribution in [0.15, 0.2) is 54.6 Å². The molecule has 5 nitrogen and oxygen atoms in total. The van der Waals surface area contributed by atoms with E-state index in [9.17, 15) is 14.9 Å². The lowest BCUT2D eigenvalue weighted by Gasteiger charge is -2.31. The summed E-state index contributed by atoms with van der Waals surface area (Å²) >= 11 is 0. The third-order valence-corrected chi connectivity index (χ3v) is 4.50. The maximum absolute atomic E-state index is 12.4. The Labute approximate surface area is 140 Å². The van der Waals surface area contributed by atoms with Gasteiger partial charge in [0.25, 0.3) is 5.69 Å². The molecule has 0 saturated heterocycles. The summed E-state index contributed by atoms with van der Waals surface area (Å²) < 4.78 is 5.74. The zero-order valence-electron chi connectivity index (χ0n) is 13.3. The van der Waals surface area contributed by atoms with E-state index in [1.807, 2.05) is 18.2 Å². The van der Waals surface area contributed by atoms with Gasteiger partial charge in [0.05, 0.1) is 10.5 Å². The first-order valence-electron chi connectivity index (χ1n) is 8.15. The van der Waals surface area contributed by atoms with Gasteiger partial charge in [-0.3, -0.25) is 10.1 Å². The average Bonchev–Trinajstić information content (AvgIpc) is 2.63. The number of carbonyl (C=O) groups is 1. The smallest absolute Gasteiger partial charge is 0.338 e. The van der Waals surface area contributed by atoms with Crippen molar-refractivity contribution in [1.29, 1.82) is 0 Å². The minimum absolute atomic E-state index is 0.0358. The van der Waals surface area contributed by atoms with Crippen molar-refractivity contribution in [3.8, 4) is 0 Å². The number of benzene rings is 2. The van der Waals surface area contributed by atoms with Gasteiger partial charge in [-0.15, -0.1) is 0 Å². The van der Waals surface area contributed by atoms with Gasteiger partial charge in [-0.2, -0.15) is 0 Å². The Hall–Kier alpha value is -2.69. The number of rotatable bonds is 4. The van der Waals surface area contributed by atoms with Crippen LogP contribution in [0.2, 0.25) is 0 Å². The molecule has 0 bridgehead atoms. The molecule has 2 aromatic rings. The van der Waals surface area contributed by atoms with Gasteiger partial charge in [0.15, 0.2) is 0 Å². The summed E-state index contributed by atoms with van der Waals surface area (Å²) in [6.45, 7) is 0. The molecule has 0 N–H and O–H groups in total. The molecule has 0 aliphatic heterocycles. The van der Waals surface area contributed by atoms with E-state index in [1.165, 1.54) is 29.8 Å². The Morgan fingerprint density at radius 1 is 1.00 bits per heavy atom. The maximum Gasteiger partial charge on any atom is 0.338 e. The van der Waals surface area contributed by atoms with Crippen LogP contribution >= 0.6 is 0 Å². The van der Waals surface area contributed by atoms with Crippen LogP contribution in [0.1, 0.15) is 47.5 Å². The van der Waals surface area contributed by atoms with Crippen molar-refractivity contribution in [2.24, 2.45) is 0 Å². The normalized spacial score (nSPS) is 20.3. The predicted molar refractivity (Wildman–Crippen MR) is 90.0 cm³/mol. The number of nitro groups is 1. The van der Waals surface area contributed by atoms with E-state index in [4.69, 9.17) is 4.74 Å². The number of nitrogens with zero attached hydrogens (tertiary/aromatic N) is 1. The van der Waals surface area contributed by atoms with Crippen molar-refractivity contribution in [2.75, 3.05) is 0 Å². The second-order valence-electron chi connectivity index (χ2n) is 6.05. The number of hydrogen-bond donors (Lipinski definition) is 0. The van der Waals surface area contributed by atoms with Gasteiger partial charge in [0.1, 0.15) is 6.10 Å². The van der Waals surface area contributed by atoms with Crippen LogP contribution in [0.4, 0.5) is 5.69 Å². The molecule has 0 heterocycles. The summed E-state index contributed by atoms with van der Waals surface area (Å²) in [5.41, 5.74) is 1.50. The molecule has 2 atom stereocenters. The van der Waals surface area contributed by atoms with Gasteiger partial charge in [0.2, 0.25) is 0 Å². The lowest BCUT2D eigenvalue weighted by Crippen LogP contribution is -2.28. The molecule has 0 aromatic heterocycles. The molecule has 24 heavy (non-hydrogen) atoms. The molecule has 124 valence electrons. The van der Waals surface area contributed by atoms with E-state index in [0.29, 0.717) is 5.56 Å². The molecular formula is C19H19NO4. The molecule has 5 heteroatoms. The van der Waals surface area contributed by atoms with Crippen molar-refractivity contribution < 1.29 is 14.5 Å². The van der Waals surface area contributed by atoms with E-state index < -0.39 is 10.9 Å². The van der Waals surface area contributed by atoms with Crippen molar-refractivity contribution in [2.45, 2.75) is 37.7 Å². The van der Waals surface area contributed by atoms with Crippen LogP contribution in [0, 0.1) is 10.1 Å². The zero-order valence-corrected chi connectivity index (χ0v) is 13.3. The predicted octanol–water partition coefficient (Wildman–Crippen LogP) is 4.48. The third-order valence-electron chi connectivity index (χ3n) is 4.50. The molecule has 2 unspecified atom stereocenters. The zero-order chi connectivity index (χ0) is 16.9. The second-order valence-corrected chi connectivity index (χ2v) is 6.05. The van der Waals surface area contributed by atoms with Gasteiger partial charge in [0, 0.05) is 18.1 Å². The highest BCUT2D eigenvalue weighted by Gasteiger charge is 2.29. The number of nitro benzene ring substituents is 1. The summed E-state index contributed by atoms with van der Waals surface area (Å²) in [5, 5.41) is 10.7. The third kappa shape index (κ3) is 3.62. The van der Waals surface area contributed by atoms with Crippen molar-refractivity contribution in [3.63, 3.8) is 0 Å². The van der Waals surface area contributed by atoms with E-state index in [0.717, 1.165) is 25.7 Å². The Morgan fingerprint density at radius 2 is 1.67 bits per heavy atom. The van der Waals surface area contributed by atoms with Crippen molar-refractivity contribution in [3.05, 3.63) is 75.8 Å². The summed E-state index contributed by atoms with van der Waals surface area (Å²) in [4.78, 5) is 22.6. The molecule has 1 aliphatic carbocycles. The number of ether oxygens (including phenoxy) is 1. The molecule has 1 aliphatic rings. The fourth-order valence-corrected chi connectivity index (χ4v) is 3.24. The quantitative estimate of drug-likeness (QED) is 0.472. The van der Waals surface area contributed by atoms with Crippen LogP contribution in [-0.4, -0.2) is 17.0 Å². The summed E-state index contributed by atoms with van der Waals surface area (Å²) in [5.74, 6) is -0.209. The highest BCUT2D eigenvalue weighted by molar-refractivity contribution is 5.89. The summed E-state index contributed by atoms with van der Waals surface area (Å²) in [6, 6.07) is 15.7. The number of non-ortho nitro benzene ring substituents is 1. The van der Waals surface area contributed by atoms with Crippen LogP contribution in [-0.2, 0) is 4.74 Å². The van der Waals surface area contributed by atoms with Gasteiger partial charge in [-0.05, 0) is 37.0 Å². The van der Waals surface area contributed by atoms with Gasteiger partial charge in [-0.25, -0.2) is 4.79 Å². The van der Waals surface area contributed by atoms with Crippen LogP contribution in [0.25, 0.3) is 0 Å². The topological polar surface area (TPSA) is 69.4 Å². The largest absolute Gasteiger partial charge is 0.458 e. The molecule has 1 fully saturated rings. The van der Waals surface area contributed by atoms with Crippen LogP contribution in [0.5, 0.6) is 0 Å². The lowest BCUT2D eigenvalue weighted by atomic mass is 9.81. The van der Waals surface area contributed by atoms with E-state index in [2.05, 4.69) is 12.1 Å². The van der Waals surface area contributed by atoms with Gasteiger partial charge in [-0.1, -0.05) is 36.8 Å². The number of hydrogen-bond acceptors (Lipinski definition) is 4. The Morgan fingerprint density at radius 3 is 2.33 bits per heavy atom. The molecular weight excluding hydrogens is 306 g/mol. The minimum Gasteiger partial charge on any atom is -0.458 e. The van der Waals surface area contributed by atoms with Gasteiger partial charge >= 0.3 is 5.97 Å². The average molecular weight is 325 g/mol. The standard InChI is InChI=1S/C19H19NO4/c21-19(15-10-12-16(13-11-15)20(22)23)24-18-9-5-4-8-17(18)14-6-2-1-3-7-14/h1-3,6-7,10-13,17-18H,4-5,8-9H2. The first kappa shape index (κ1) is 16.2. The van der Waals surface area contributed by atoms with Crippen LogP contribution in [0.3, 0.4) is 0 Å². The molecule has 3 rings (SSSR count). The highest BCUT2D eigenvalue weighted by atomic mass is 16.6. The van der Waals surface area contributed by atoms with Crippen molar-refractivity contribution >= 4 is 11.7 Å². The maximum atomic E-state index is 12.4. The molecule has 0 amide bonds. The highest BCUT2D eigenvalue weighted by Crippen LogP contribution is 2.35. The summed E-state index contributed by atoms with van der Waals surface area (Å²) in [7, 11) is 0. The monoisotopic (exact) mass is 325 g/mol. The Kier molecular flexibility index (Phi) is 4.89. The first-order chi connectivity index (χ1) is 11.6. The van der Waals surface area contributed by atoms with Crippen molar-refractivity contribution in [1.82, 2.24) is 0 Å². The molecule has 2 aromatic carbocycles. The lowest BCUT2D eigenvalue weighted by molar-refractivity contribution is -0.384. The van der Waals surface area contributed by atoms with E-state index in [-0.39, 0.29) is 17.7 Å². The fourth-order valence-electron chi connectivity index (χ4n) is 3.24. The van der Waals surface area contributed by atoms with Crippen LogP contribution < -0.4 is 0 Å². The number of carbonyl (C=O) groups excluding carboxylic acids is 1. The fraction of sp³-hybridized carbons (Fsp3) is 0.316. The Bertz CT molecular complexity index is 712.